The van der Waals surface area contributed by atoms with Gasteiger partial charge >= 0.3 is 6.61 Å². The zero-order valence-electron chi connectivity index (χ0n) is 16.6. The van der Waals surface area contributed by atoms with Crippen LogP contribution in [0.4, 0.5) is 8.78 Å². The Morgan fingerprint density at radius 1 is 0.867 bits per heavy atom. The molecule has 0 heterocycles. The monoisotopic (exact) mass is 410 g/mol. The number of hydrogen-bond acceptors (Lipinski definition) is 3. The van der Waals surface area contributed by atoms with Gasteiger partial charge in [-0.1, -0.05) is 72.8 Å². The summed E-state index contributed by atoms with van der Waals surface area (Å²) < 4.78 is 29.3. The van der Waals surface area contributed by atoms with E-state index >= 15 is 0 Å². The summed E-state index contributed by atoms with van der Waals surface area (Å²) in [5.41, 5.74) is 2.82. The van der Waals surface area contributed by atoms with Crippen LogP contribution in [-0.2, 0) is 11.3 Å². The van der Waals surface area contributed by atoms with E-state index in [4.69, 9.17) is 0 Å². The zero-order valence-corrected chi connectivity index (χ0v) is 16.6. The van der Waals surface area contributed by atoms with Gasteiger partial charge in [-0.05, 0) is 35.7 Å². The van der Waals surface area contributed by atoms with Gasteiger partial charge in [0, 0.05) is 6.54 Å². The maximum atomic E-state index is 12.6. The van der Waals surface area contributed by atoms with Gasteiger partial charge in [-0.3, -0.25) is 10.1 Å². The number of ether oxygens (including phenoxy) is 1. The minimum absolute atomic E-state index is 0.0919. The maximum absolute atomic E-state index is 12.6. The number of carbonyl (C=O) groups excluding carboxylic acids is 1. The smallest absolute Gasteiger partial charge is 0.387 e. The summed E-state index contributed by atoms with van der Waals surface area (Å²) in [5, 5.41) is 6.28. The van der Waals surface area contributed by atoms with E-state index in [1.54, 1.807) is 19.1 Å². The summed E-state index contributed by atoms with van der Waals surface area (Å²) in [6, 6.07) is 25.0. The number of benzene rings is 3. The van der Waals surface area contributed by atoms with Crippen LogP contribution < -0.4 is 15.4 Å². The van der Waals surface area contributed by atoms with Gasteiger partial charge < -0.3 is 10.1 Å². The summed E-state index contributed by atoms with van der Waals surface area (Å²) in [4.78, 5) is 12.6. The summed E-state index contributed by atoms with van der Waals surface area (Å²) >= 11 is 0. The number of carbonyl (C=O) groups is 1. The molecule has 156 valence electrons. The molecule has 3 rings (SSSR count). The zero-order chi connectivity index (χ0) is 21.3. The van der Waals surface area contributed by atoms with E-state index in [-0.39, 0.29) is 17.7 Å². The molecule has 0 aliphatic carbocycles. The first-order valence-electron chi connectivity index (χ1n) is 9.70. The standard InChI is InChI=1S/C24H24F2N2O2/c1-17(23(29)27-16-18-8-4-2-5-9-18)28-22(19-10-6-3-7-11-19)20-12-14-21(15-13-20)30-24(25)26/h2-15,17,22,24,28H,16H2,1H3,(H,27,29)/t17-,22+/m0/s1. The van der Waals surface area contributed by atoms with E-state index in [0.717, 1.165) is 16.7 Å². The highest BCUT2D eigenvalue weighted by molar-refractivity contribution is 5.81. The van der Waals surface area contributed by atoms with E-state index < -0.39 is 12.7 Å². The van der Waals surface area contributed by atoms with Crippen molar-refractivity contribution in [3.8, 4) is 5.75 Å². The van der Waals surface area contributed by atoms with Crippen LogP contribution in [-0.4, -0.2) is 18.6 Å². The van der Waals surface area contributed by atoms with E-state index in [9.17, 15) is 13.6 Å². The SMILES string of the molecule is C[C@H](N[C@H](c1ccccc1)c1ccc(OC(F)F)cc1)C(=O)NCc1ccccc1. The molecule has 0 fully saturated rings. The Hall–Kier alpha value is -3.25. The molecule has 30 heavy (non-hydrogen) atoms. The molecule has 2 N–H and O–H groups in total. The fourth-order valence-corrected chi connectivity index (χ4v) is 3.14. The average molecular weight is 410 g/mol. The molecule has 2 atom stereocenters. The van der Waals surface area contributed by atoms with Crippen molar-refractivity contribution in [2.24, 2.45) is 0 Å². The predicted molar refractivity (Wildman–Crippen MR) is 112 cm³/mol. The normalized spacial score (nSPS) is 12.9. The van der Waals surface area contributed by atoms with Crippen molar-refractivity contribution in [2.45, 2.75) is 32.2 Å². The van der Waals surface area contributed by atoms with E-state index in [1.807, 2.05) is 60.7 Å². The van der Waals surface area contributed by atoms with Gasteiger partial charge in [0.05, 0.1) is 12.1 Å². The highest BCUT2D eigenvalue weighted by Crippen LogP contribution is 2.25. The molecule has 3 aromatic carbocycles. The van der Waals surface area contributed by atoms with E-state index in [2.05, 4.69) is 15.4 Å². The molecule has 0 saturated heterocycles. The number of halogens is 2. The van der Waals surface area contributed by atoms with Crippen LogP contribution >= 0.6 is 0 Å². The van der Waals surface area contributed by atoms with Crippen LogP contribution in [0.3, 0.4) is 0 Å². The minimum atomic E-state index is -2.87. The fraction of sp³-hybridized carbons (Fsp3) is 0.208. The van der Waals surface area contributed by atoms with Gasteiger partial charge in [0.2, 0.25) is 5.91 Å². The van der Waals surface area contributed by atoms with Crippen molar-refractivity contribution in [2.75, 3.05) is 0 Å². The first-order valence-corrected chi connectivity index (χ1v) is 9.70. The number of nitrogens with one attached hydrogen (secondary N) is 2. The summed E-state index contributed by atoms with van der Waals surface area (Å²) in [5.74, 6) is -0.0355. The van der Waals surface area contributed by atoms with Gasteiger partial charge in [-0.15, -0.1) is 0 Å². The predicted octanol–water partition coefficient (Wildman–Crippen LogP) is 4.67. The molecule has 0 saturated carbocycles. The van der Waals surface area contributed by atoms with Gasteiger partial charge in [-0.2, -0.15) is 8.78 Å². The van der Waals surface area contributed by atoms with E-state index in [0.29, 0.717) is 6.54 Å². The number of alkyl halides is 2. The molecule has 0 aromatic heterocycles. The third kappa shape index (κ3) is 6.12. The van der Waals surface area contributed by atoms with Crippen molar-refractivity contribution >= 4 is 5.91 Å². The van der Waals surface area contributed by atoms with Crippen LogP contribution in [0.1, 0.15) is 29.7 Å². The molecule has 0 radical (unpaired) electrons. The fourth-order valence-electron chi connectivity index (χ4n) is 3.14. The number of rotatable bonds is 9. The second-order valence-corrected chi connectivity index (χ2v) is 6.88. The summed E-state index contributed by atoms with van der Waals surface area (Å²) in [7, 11) is 0. The Labute approximate surface area is 174 Å². The maximum Gasteiger partial charge on any atom is 0.387 e. The second kappa shape index (κ2) is 10.5. The quantitative estimate of drug-likeness (QED) is 0.539. The Morgan fingerprint density at radius 3 is 2.03 bits per heavy atom. The lowest BCUT2D eigenvalue weighted by atomic mass is 9.97. The number of hydrogen-bond donors (Lipinski definition) is 2. The second-order valence-electron chi connectivity index (χ2n) is 6.88. The lowest BCUT2D eigenvalue weighted by Gasteiger charge is -2.24. The molecule has 3 aromatic rings. The molecule has 0 aliphatic heterocycles. The first kappa shape index (κ1) is 21.5. The largest absolute Gasteiger partial charge is 0.435 e. The van der Waals surface area contributed by atoms with Gasteiger partial charge in [0.1, 0.15) is 5.75 Å². The van der Waals surface area contributed by atoms with Gasteiger partial charge in [0.25, 0.3) is 0 Å². The first-order chi connectivity index (χ1) is 14.5. The summed E-state index contributed by atoms with van der Waals surface area (Å²) in [6.07, 6.45) is 0. The lowest BCUT2D eigenvalue weighted by molar-refractivity contribution is -0.123. The van der Waals surface area contributed by atoms with Gasteiger partial charge in [-0.25, -0.2) is 0 Å². The molecular formula is C24H24F2N2O2. The Bertz CT molecular complexity index is 919. The molecule has 0 aliphatic rings. The van der Waals surface area contributed by atoms with E-state index in [1.165, 1.54) is 12.1 Å². The van der Waals surface area contributed by atoms with Crippen LogP contribution in [0.15, 0.2) is 84.9 Å². The molecule has 0 spiro atoms. The molecular weight excluding hydrogens is 386 g/mol. The highest BCUT2D eigenvalue weighted by atomic mass is 19.3. The van der Waals surface area contributed by atoms with Crippen molar-refractivity contribution in [1.29, 1.82) is 0 Å². The third-order valence-electron chi connectivity index (χ3n) is 4.69. The minimum Gasteiger partial charge on any atom is -0.435 e. The van der Waals surface area contributed by atoms with Crippen molar-refractivity contribution < 1.29 is 18.3 Å². The van der Waals surface area contributed by atoms with Gasteiger partial charge in [0.15, 0.2) is 0 Å². The van der Waals surface area contributed by atoms with Crippen molar-refractivity contribution in [3.63, 3.8) is 0 Å². The average Bonchev–Trinajstić information content (AvgIpc) is 2.77. The molecule has 1 amide bonds. The van der Waals surface area contributed by atoms with Crippen molar-refractivity contribution in [3.05, 3.63) is 102 Å². The highest BCUT2D eigenvalue weighted by Gasteiger charge is 2.21. The van der Waals surface area contributed by atoms with Crippen LogP contribution in [0.5, 0.6) is 5.75 Å². The van der Waals surface area contributed by atoms with Crippen LogP contribution in [0.2, 0.25) is 0 Å². The summed E-state index contributed by atoms with van der Waals surface area (Å²) in [6.45, 7) is -0.626. The molecule has 4 nitrogen and oxygen atoms in total. The third-order valence-corrected chi connectivity index (χ3v) is 4.69. The Kier molecular flexibility index (Phi) is 7.51. The Balaban J connectivity index is 1.72. The van der Waals surface area contributed by atoms with Crippen LogP contribution in [0, 0.1) is 0 Å². The Morgan fingerprint density at radius 2 is 1.43 bits per heavy atom. The topological polar surface area (TPSA) is 50.4 Å². The lowest BCUT2D eigenvalue weighted by Crippen LogP contribution is -2.43. The molecule has 0 unspecified atom stereocenters. The molecule has 0 bridgehead atoms. The molecule has 6 heteroatoms. The van der Waals surface area contributed by atoms with Crippen molar-refractivity contribution in [1.82, 2.24) is 10.6 Å². The number of amides is 1. The van der Waals surface area contributed by atoms with Crippen LogP contribution in [0.25, 0.3) is 0 Å².